The predicted octanol–water partition coefficient (Wildman–Crippen LogP) is 3.51. The van der Waals surface area contributed by atoms with Gasteiger partial charge in [0.2, 0.25) is 0 Å². The van der Waals surface area contributed by atoms with Crippen molar-refractivity contribution >= 4 is 39.1 Å². The Morgan fingerprint density at radius 2 is 1.92 bits per heavy atom. The summed E-state index contributed by atoms with van der Waals surface area (Å²) in [6, 6.07) is 13.4. The second kappa shape index (κ2) is 7.27. The van der Waals surface area contributed by atoms with E-state index >= 15 is 0 Å². The molecule has 2 aromatic carbocycles. The number of benzene rings is 2. The molecule has 0 unspecified atom stereocenters. The van der Waals surface area contributed by atoms with Crippen molar-refractivity contribution < 1.29 is 9.59 Å². The van der Waals surface area contributed by atoms with E-state index in [0.29, 0.717) is 5.69 Å². The number of nitrogens with one attached hydrogen (secondary N) is 2. The van der Waals surface area contributed by atoms with Gasteiger partial charge in [0.05, 0.1) is 10.2 Å². The van der Waals surface area contributed by atoms with Crippen molar-refractivity contribution in [3.8, 4) is 10.6 Å². The fourth-order valence-electron chi connectivity index (χ4n) is 2.28. The Morgan fingerprint density at radius 3 is 2.64 bits per heavy atom. The van der Waals surface area contributed by atoms with Crippen molar-refractivity contribution in [3.63, 3.8) is 0 Å². The van der Waals surface area contributed by atoms with E-state index in [0.717, 1.165) is 20.8 Å². The number of aryl methyl sites for hydroxylation is 1. The Morgan fingerprint density at radius 1 is 1.16 bits per heavy atom. The van der Waals surface area contributed by atoms with Gasteiger partial charge in [0.15, 0.2) is 0 Å². The van der Waals surface area contributed by atoms with E-state index in [9.17, 15) is 9.59 Å². The van der Waals surface area contributed by atoms with Crippen LogP contribution in [0.2, 0.25) is 0 Å². The van der Waals surface area contributed by atoms with Crippen molar-refractivity contribution in [1.29, 1.82) is 0 Å². The number of hydrogen-bond donors (Lipinski definition) is 2. The highest BCUT2D eigenvalue weighted by atomic mass is 32.1. The zero-order chi connectivity index (χ0) is 17.8. The third-order valence-electron chi connectivity index (χ3n) is 3.55. The van der Waals surface area contributed by atoms with Gasteiger partial charge in [-0.2, -0.15) is 0 Å². The minimum Gasteiger partial charge on any atom is -0.344 e. The highest BCUT2D eigenvalue weighted by Crippen LogP contribution is 2.31. The van der Waals surface area contributed by atoms with Crippen molar-refractivity contribution in [2.24, 2.45) is 0 Å². The number of amides is 2. The normalized spacial score (nSPS) is 10.4. The SMILES string of the molecule is C=CCNC(=O)C(=O)Nc1ccc(-c2nc3ccc(C)cc3s2)cc1. The van der Waals surface area contributed by atoms with Crippen LogP contribution < -0.4 is 10.6 Å². The molecule has 3 aromatic rings. The quantitative estimate of drug-likeness (QED) is 0.558. The summed E-state index contributed by atoms with van der Waals surface area (Å²) in [6.45, 7) is 5.79. The maximum atomic E-state index is 11.8. The summed E-state index contributed by atoms with van der Waals surface area (Å²) >= 11 is 1.63. The van der Waals surface area contributed by atoms with Gasteiger partial charge in [-0.25, -0.2) is 4.98 Å². The van der Waals surface area contributed by atoms with Crippen LogP contribution in [0.4, 0.5) is 5.69 Å². The number of carbonyl (C=O) groups is 2. The molecule has 0 radical (unpaired) electrons. The largest absolute Gasteiger partial charge is 0.344 e. The van der Waals surface area contributed by atoms with Crippen LogP contribution in [-0.2, 0) is 9.59 Å². The first-order valence-corrected chi connectivity index (χ1v) is 8.56. The maximum Gasteiger partial charge on any atom is 0.313 e. The van der Waals surface area contributed by atoms with Crippen LogP contribution in [0.15, 0.2) is 55.1 Å². The molecule has 25 heavy (non-hydrogen) atoms. The molecule has 2 N–H and O–H groups in total. The minimum atomic E-state index is -0.704. The van der Waals surface area contributed by atoms with E-state index in [4.69, 9.17) is 0 Å². The molecule has 0 fully saturated rings. The smallest absolute Gasteiger partial charge is 0.313 e. The zero-order valence-corrected chi connectivity index (χ0v) is 14.5. The van der Waals surface area contributed by atoms with Gasteiger partial charge in [0.1, 0.15) is 5.01 Å². The van der Waals surface area contributed by atoms with Gasteiger partial charge in [0, 0.05) is 17.8 Å². The molecule has 1 aromatic heterocycles. The van der Waals surface area contributed by atoms with Crippen LogP contribution in [0.25, 0.3) is 20.8 Å². The Hall–Kier alpha value is -2.99. The van der Waals surface area contributed by atoms with Gasteiger partial charge in [-0.1, -0.05) is 12.1 Å². The summed E-state index contributed by atoms with van der Waals surface area (Å²) in [5, 5.41) is 5.91. The average Bonchev–Trinajstić information content (AvgIpc) is 3.03. The topological polar surface area (TPSA) is 71.1 Å². The van der Waals surface area contributed by atoms with Crippen molar-refractivity contribution in [3.05, 3.63) is 60.7 Å². The average molecular weight is 351 g/mol. The fourth-order valence-corrected chi connectivity index (χ4v) is 3.35. The molecule has 0 atom stereocenters. The molecule has 0 aliphatic rings. The third kappa shape index (κ3) is 3.92. The number of fused-ring (bicyclic) bond motifs is 1. The van der Waals surface area contributed by atoms with E-state index in [1.165, 1.54) is 11.6 Å². The second-order valence-electron chi connectivity index (χ2n) is 5.52. The molecule has 5 nitrogen and oxygen atoms in total. The molecule has 2 amide bonds. The number of anilines is 1. The molecule has 0 saturated heterocycles. The Kier molecular flexibility index (Phi) is 4.90. The molecule has 0 aliphatic heterocycles. The summed E-state index contributed by atoms with van der Waals surface area (Å²) in [6.07, 6.45) is 1.51. The minimum absolute atomic E-state index is 0.252. The summed E-state index contributed by atoms with van der Waals surface area (Å²) in [5.74, 6) is -1.39. The van der Waals surface area contributed by atoms with E-state index < -0.39 is 11.8 Å². The molecule has 0 bridgehead atoms. The first kappa shape index (κ1) is 16.9. The lowest BCUT2D eigenvalue weighted by atomic mass is 10.2. The van der Waals surface area contributed by atoms with Crippen molar-refractivity contribution in [2.75, 3.05) is 11.9 Å². The third-order valence-corrected chi connectivity index (χ3v) is 4.61. The van der Waals surface area contributed by atoms with Crippen LogP contribution in [-0.4, -0.2) is 23.3 Å². The van der Waals surface area contributed by atoms with Crippen molar-refractivity contribution in [2.45, 2.75) is 6.92 Å². The lowest BCUT2D eigenvalue weighted by molar-refractivity contribution is -0.136. The van der Waals surface area contributed by atoms with Crippen LogP contribution in [0.3, 0.4) is 0 Å². The van der Waals surface area contributed by atoms with Crippen LogP contribution in [0.1, 0.15) is 5.56 Å². The van der Waals surface area contributed by atoms with Gasteiger partial charge < -0.3 is 10.6 Å². The van der Waals surface area contributed by atoms with Crippen LogP contribution in [0, 0.1) is 6.92 Å². The number of thiazole rings is 1. The zero-order valence-electron chi connectivity index (χ0n) is 13.7. The summed E-state index contributed by atoms with van der Waals surface area (Å²) < 4.78 is 1.14. The lowest BCUT2D eigenvalue weighted by Gasteiger charge is -2.05. The molecule has 0 spiro atoms. The predicted molar refractivity (Wildman–Crippen MR) is 102 cm³/mol. The number of nitrogens with zero attached hydrogens (tertiary/aromatic N) is 1. The first-order valence-electron chi connectivity index (χ1n) is 7.74. The summed E-state index contributed by atoms with van der Waals surface area (Å²) in [4.78, 5) is 27.9. The first-order chi connectivity index (χ1) is 12.1. The van der Waals surface area contributed by atoms with Crippen LogP contribution in [0.5, 0.6) is 0 Å². The highest BCUT2D eigenvalue weighted by molar-refractivity contribution is 7.21. The van der Waals surface area contributed by atoms with Crippen molar-refractivity contribution in [1.82, 2.24) is 10.3 Å². The van der Waals surface area contributed by atoms with E-state index in [-0.39, 0.29) is 6.54 Å². The summed E-state index contributed by atoms with van der Waals surface area (Å²) in [7, 11) is 0. The molecule has 0 aliphatic carbocycles. The second-order valence-corrected chi connectivity index (χ2v) is 6.55. The molecule has 0 saturated carbocycles. The monoisotopic (exact) mass is 351 g/mol. The molecular formula is C19H17N3O2S. The standard InChI is InChI=1S/C19H17N3O2S/c1-3-10-20-17(23)18(24)21-14-7-5-13(6-8-14)19-22-15-9-4-12(2)11-16(15)25-19/h3-9,11H,1,10H2,2H3,(H,20,23)(H,21,24). The maximum absolute atomic E-state index is 11.8. The van der Waals surface area contributed by atoms with Gasteiger partial charge in [-0.15, -0.1) is 17.9 Å². The van der Waals surface area contributed by atoms with Gasteiger partial charge in [-0.3, -0.25) is 9.59 Å². The van der Waals surface area contributed by atoms with Gasteiger partial charge >= 0.3 is 11.8 Å². The van der Waals surface area contributed by atoms with Gasteiger partial charge in [0.25, 0.3) is 0 Å². The molecular weight excluding hydrogens is 334 g/mol. The van der Waals surface area contributed by atoms with Gasteiger partial charge in [-0.05, 0) is 48.9 Å². The molecule has 6 heteroatoms. The summed E-state index contributed by atoms with van der Waals surface area (Å²) in [5.41, 5.74) is 3.70. The number of carbonyl (C=O) groups excluding carboxylic acids is 2. The molecule has 126 valence electrons. The number of rotatable bonds is 4. The Labute approximate surface area is 149 Å². The number of aromatic nitrogens is 1. The van der Waals surface area contributed by atoms with E-state index in [1.807, 2.05) is 24.3 Å². The highest BCUT2D eigenvalue weighted by Gasteiger charge is 2.13. The number of hydrogen-bond acceptors (Lipinski definition) is 4. The lowest BCUT2D eigenvalue weighted by Crippen LogP contribution is -2.35. The Bertz CT molecular complexity index is 945. The fraction of sp³-hybridized carbons (Fsp3) is 0.105. The Balaban J connectivity index is 1.74. The van der Waals surface area contributed by atoms with Crippen LogP contribution >= 0.6 is 11.3 Å². The van der Waals surface area contributed by atoms with E-state index in [2.05, 4.69) is 35.2 Å². The molecule has 1 heterocycles. The molecule has 3 rings (SSSR count). The van der Waals surface area contributed by atoms with E-state index in [1.54, 1.807) is 23.5 Å².